The molecular formula is C14H30N2. The Morgan fingerprint density at radius 3 is 1.25 bits per heavy atom. The van der Waals surface area contributed by atoms with E-state index in [-0.39, 0.29) is 5.54 Å². The molecule has 0 bridgehead atoms. The Kier molecular flexibility index (Phi) is 7.06. The van der Waals surface area contributed by atoms with Crippen LogP contribution in [0.4, 0.5) is 0 Å². The first-order chi connectivity index (χ1) is 7.77. The highest BCUT2D eigenvalue weighted by atomic mass is 14.8. The molecule has 0 heterocycles. The van der Waals surface area contributed by atoms with Crippen LogP contribution in [-0.4, -0.2) is 12.1 Å². The summed E-state index contributed by atoms with van der Waals surface area (Å²) in [7, 11) is 0. The zero-order valence-corrected chi connectivity index (χ0v) is 10.8. The molecule has 0 aliphatic heterocycles. The summed E-state index contributed by atoms with van der Waals surface area (Å²) >= 11 is 0. The van der Waals surface area contributed by atoms with Crippen molar-refractivity contribution < 1.29 is 0 Å². The van der Waals surface area contributed by atoms with Crippen LogP contribution in [0, 0.1) is 0 Å². The van der Waals surface area contributed by atoms with E-state index in [4.69, 9.17) is 11.5 Å². The van der Waals surface area contributed by atoms with Crippen LogP contribution in [-0.2, 0) is 0 Å². The highest BCUT2D eigenvalue weighted by Gasteiger charge is 2.21. The summed E-state index contributed by atoms with van der Waals surface area (Å²) in [6.07, 6.45) is 16.0. The number of hydrogen-bond acceptors (Lipinski definition) is 2. The predicted octanol–water partition coefficient (Wildman–Crippen LogP) is 3.34. The Hall–Kier alpha value is -0.0800. The van der Waals surface area contributed by atoms with Crippen LogP contribution in [0.25, 0.3) is 0 Å². The summed E-state index contributed by atoms with van der Waals surface area (Å²) in [5.41, 5.74) is 12.1. The average Bonchev–Trinajstić information content (AvgIpc) is 2.31. The van der Waals surface area contributed by atoms with Crippen LogP contribution in [0.3, 0.4) is 0 Å². The molecule has 2 nitrogen and oxygen atoms in total. The van der Waals surface area contributed by atoms with E-state index in [1.807, 2.05) is 0 Å². The lowest BCUT2D eigenvalue weighted by molar-refractivity contribution is 0.345. The van der Waals surface area contributed by atoms with E-state index in [0.29, 0.717) is 6.54 Å². The van der Waals surface area contributed by atoms with Gasteiger partial charge in [-0.2, -0.15) is 0 Å². The van der Waals surface area contributed by atoms with E-state index < -0.39 is 0 Å². The van der Waals surface area contributed by atoms with Crippen molar-refractivity contribution in [2.24, 2.45) is 11.5 Å². The Morgan fingerprint density at radius 1 is 0.625 bits per heavy atom. The second-order valence-corrected chi connectivity index (χ2v) is 5.60. The molecule has 96 valence electrons. The third-order valence-corrected chi connectivity index (χ3v) is 4.01. The van der Waals surface area contributed by atoms with Crippen LogP contribution >= 0.6 is 0 Å². The molecule has 4 N–H and O–H groups in total. The van der Waals surface area contributed by atoms with Gasteiger partial charge in [0.1, 0.15) is 0 Å². The molecule has 1 rings (SSSR count). The highest BCUT2D eigenvalue weighted by molar-refractivity contribution is 4.84. The maximum absolute atomic E-state index is 6.35. The normalized spacial score (nSPS) is 25.1. The minimum atomic E-state index is -0.0615. The van der Waals surface area contributed by atoms with E-state index in [1.54, 1.807) is 0 Å². The molecule has 0 amide bonds. The second-order valence-electron chi connectivity index (χ2n) is 5.60. The zero-order valence-electron chi connectivity index (χ0n) is 10.8. The fourth-order valence-corrected chi connectivity index (χ4v) is 2.70. The Labute approximate surface area is 101 Å². The Bertz CT molecular complexity index is 154. The zero-order chi connectivity index (χ0) is 11.7. The average molecular weight is 226 g/mol. The monoisotopic (exact) mass is 226 g/mol. The molecule has 0 aromatic heterocycles. The van der Waals surface area contributed by atoms with E-state index in [0.717, 1.165) is 12.8 Å². The van der Waals surface area contributed by atoms with Gasteiger partial charge in [-0.3, -0.25) is 0 Å². The van der Waals surface area contributed by atoms with Gasteiger partial charge < -0.3 is 11.5 Å². The van der Waals surface area contributed by atoms with Crippen LogP contribution in [0.15, 0.2) is 0 Å². The van der Waals surface area contributed by atoms with Crippen molar-refractivity contribution in [3.05, 3.63) is 0 Å². The third kappa shape index (κ3) is 5.86. The minimum absolute atomic E-state index is 0.0615. The van der Waals surface area contributed by atoms with Crippen LogP contribution < -0.4 is 11.5 Å². The lowest BCUT2D eigenvalue weighted by atomic mass is 9.87. The molecule has 2 heteroatoms. The summed E-state index contributed by atoms with van der Waals surface area (Å²) in [6.45, 7) is 0.660. The smallest absolute Gasteiger partial charge is 0.0278 e. The standard InChI is InChI=1S/C14H30N2/c15-13-14(16)11-9-7-5-3-1-2-4-6-8-10-12-14/h1-13,15-16H2. The van der Waals surface area contributed by atoms with Gasteiger partial charge in [0, 0.05) is 12.1 Å². The van der Waals surface area contributed by atoms with Gasteiger partial charge >= 0.3 is 0 Å². The fourth-order valence-electron chi connectivity index (χ4n) is 2.70. The van der Waals surface area contributed by atoms with Crippen molar-refractivity contribution in [2.45, 2.75) is 82.6 Å². The number of rotatable bonds is 1. The molecule has 0 aromatic carbocycles. The van der Waals surface area contributed by atoms with Crippen LogP contribution in [0.1, 0.15) is 77.0 Å². The van der Waals surface area contributed by atoms with E-state index in [1.165, 1.54) is 64.2 Å². The highest BCUT2D eigenvalue weighted by Crippen LogP contribution is 2.21. The van der Waals surface area contributed by atoms with Crippen molar-refractivity contribution in [1.82, 2.24) is 0 Å². The predicted molar refractivity (Wildman–Crippen MR) is 71.4 cm³/mol. The molecule has 0 atom stereocenters. The molecule has 0 spiro atoms. The summed E-state index contributed by atoms with van der Waals surface area (Å²) < 4.78 is 0. The van der Waals surface area contributed by atoms with Gasteiger partial charge in [-0.05, 0) is 12.8 Å². The third-order valence-electron chi connectivity index (χ3n) is 4.01. The van der Waals surface area contributed by atoms with Gasteiger partial charge in [0.05, 0.1) is 0 Å². The number of hydrogen-bond donors (Lipinski definition) is 2. The topological polar surface area (TPSA) is 52.0 Å². The summed E-state index contributed by atoms with van der Waals surface area (Å²) in [5.74, 6) is 0. The van der Waals surface area contributed by atoms with Gasteiger partial charge in [-0.25, -0.2) is 0 Å². The van der Waals surface area contributed by atoms with Crippen molar-refractivity contribution in [3.8, 4) is 0 Å². The SMILES string of the molecule is NCC1(N)CCCCCCCCCCCC1. The molecule has 0 radical (unpaired) electrons. The van der Waals surface area contributed by atoms with Gasteiger partial charge in [-0.1, -0.05) is 64.2 Å². The lowest BCUT2D eigenvalue weighted by Gasteiger charge is -2.28. The summed E-state index contributed by atoms with van der Waals surface area (Å²) in [6, 6.07) is 0. The van der Waals surface area contributed by atoms with Crippen LogP contribution in [0.5, 0.6) is 0 Å². The first-order valence-electron chi connectivity index (χ1n) is 7.26. The quantitative estimate of drug-likeness (QED) is 0.720. The molecule has 16 heavy (non-hydrogen) atoms. The van der Waals surface area contributed by atoms with E-state index in [9.17, 15) is 0 Å². The fraction of sp³-hybridized carbons (Fsp3) is 1.00. The molecule has 0 saturated heterocycles. The lowest BCUT2D eigenvalue weighted by Crippen LogP contribution is -2.46. The summed E-state index contributed by atoms with van der Waals surface area (Å²) in [5, 5.41) is 0. The Morgan fingerprint density at radius 2 is 0.938 bits per heavy atom. The number of nitrogens with two attached hydrogens (primary N) is 2. The van der Waals surface area contributed by atoms with Crippen LogP contribution in [0.2, 0.25) is 0 Å². The maximum atomic E-state index is 6.35. The minimum Gasteiger partial charge on any atom is -0.329 e. The molecule has 1 aliphatic carbocycles. The van der Waals surface area contributed by atoms with Crippen molar-refractivity contribution in [1.29, 1.82) is 0 Å². The van der Waals surface area contributed by atoms with Crippen molar-refractivity contribution in [3.63, 3.8) is 0 Å². The Balaban J connectivity index is 2.32. The second kappa shape index (κ2) is 8.08. The van der Waals surface area contributed by atoms with Gasteiger partial charge in [0.25, 0.3) is 0 Å². The summed E-state index contributed by atoms with van der Waals surface area (Å²) in [4.78, 5) is 0. The molecule has 1 fully saturated rings. The van der Waals surface area contributed by atoms with Crippen molar-refractivity contribution >= 4 is 0 Å². The van der Waals surface area contributed by atoms with Gasteiger partial charge in [0.2, 0.25) is 0 Å². The molecule has 0 unspecified atom stereocenters. The molecular weight excluding hydrogens is 196 g/mol. The maximum Gasteiger partial charge on any atom is 0.0278 e. The van der Waals surface area contributed by atoms with E-state index in [2.05, 4.69) is 0 Å². The first-order valence-corrected chi connectivity index (χ1v) is 7.26. The van der Waals surface area contributed by atoms with Gasteiger partial charge in [0.15, 0.2) is 0 Å². The molecule has 1 saturated carbocycles. The van der Waals surface area contributed by atoms with E-state index >= 15 is 0 Å². The molecule has 0 aromatic rings. The van der Waals surface area contributed by atoms with Gasteiger partial charge in [-0.15, -0.1) is 0 Å². The van der Waals surface area contributed by atoms with Crippen molar-refractivity contribution in [2.75, 3.05) is 6.54 Å². The first kappa shape index (κ1) is 14.0. The largest absolute Gasteiger partial charge is 0.329 e. The molecule has 1 aliphatic rings.